The Labute approximate surface area is 159 Å². The number of hydrogen-bond acceptors (Lipinski definition) is 3. The van der Waals surface area contributed by atoms with E-state index in [0.29, 0.717) is 16.7 Å². The number of carbonyl (C=O) groups excluding carboxylic acids is 3. The van der Waals surface area contributed by atoms with Gasteiger partial charge in [-0.25, -0.2) is 0 Å². The lowest BCUT2D eigenvalue weighted by molar-refractivity contribution is 0.0642. The Morgan fingerprint density at radius 3 is 2.04 bits per heavy atom. The fraction of sp³-hybridized carbons (Fsp3) is 0.318. The van der Waals surface area contributed by atoms with Crippen molar-refractivity contribution in [3.05, 3.63) is 70.8 Å². The Morgan fingerprint density at radius 1 is 0.889 bits per heavy atom. The van der Waals surface area contributed by atoms with Gasteiger partial charge in [0.1, 0.15) is 0 Å². The molecule has 0 spiro atoms. The monoisotopic (exact) mass is 364 g/mol. The largest absolute Gasteiger partial charge is 0.339 e. The summed E-state index contributed by atoms with van der Waals surface area (Å²) in [6.45, 7) is 5.70. The molecule has 2 aromatic rings. The second-order valence-corrected chi connectivity index (χ2v) is 6.73. The van der Waals surface area contributed by atoms with Crippen molar-refractivity contribution in [1.29, 1.82) is 0 Å². The highest BCUT2D eigenvalue weighted by Crippen LogP contribution is 2.24. The minimum Gasteiger partial charge on any atom is -0.339 e. The van der Waals surface area contributed by atoms with Crippen molar-refractivity contribution >= 4 is 17.7 Å². The van der Waals surface area contributed by atoms with Gasteiger partial charge in [-0.05, 0) is 42.7 Å². The van der Waals surface area contributed by atoms with E-state index in [9.17, 15) is 14.4 Å². The summed E-state index contributed by atoms with van der Waals surface area (Å²) in [4.78, 5) is 41.0. The molecule has 0 fully saturated rings. The van der Waals surface area contributed by atoms with Crippen molar-refractivity contribution in [3.63, 3.8) is 0 Å². The molecule has 1 heterocycles. The summed E-state index contributed by atoms with van der Waals surface area (Å²) in [5.41, 5.74) is 2.23. The predicted octanol–water partition coefficient (Wildman–Crippen LogP) is 3.75. The molecule has 0 saturated carbocycles. The van der Waals surface area contributed by atoms with E-state index in [1.165, 1.54) is 4.90 Å². The first kappa shape index (κ1) is 18.8. The number of carbonyl (C=O) groups is 3. The molecule has 3 amide bonds. The van der Waals surface area contributed by atoms with Gasteiger partial charge in [0.15, 0.2) is 0 Å². The van der Waals surface area contributed by atoms with Gasteiger partial charge in [0.2, 0.25) is 0 Å². The summed E-state index contributed by atoms with van der Waals surface area (Å²) in [5.74, 6) is -0.584. The van der Waals surface area contributed by atoms with Crippen LogP contribution < -0.4 is 0 Å². The van der Waals surface area contributed by atoms with Crippen molar-refractivity contribution in [2.75, 3.05) is 13.1 Å². The lowest BCUT2D eigenvalue weighted by Gasteiger charge is -2.22. The highest BCUT2D eigenvalue weighted by molar-refractivity contribution is 6.21. The molecule has 27 heavy (non-hydrogen) atoms. The van der Waals surface area contributed by atoms with Crippen LogP contribution in [0.2, 0.25) is 0 Å². The fourth-order valence-corrected chi connectivity index (χ4v) is 3.41. The van der Waals surface area contributed by atoms with Crippen LogP contribution in [0.15, 0.2) is 48.5 Å². The Bertz CT molecular complexity index is 834. The van der Waals surface area contributed by atoms with E-state index in [0.717, 1.165) is 31.5 Å². The molecule has 5 nitrogen and oxygen atoms in total. The molecular formula is C22H24N2O3. The van der Waals surface area contributed by atoms with E-state index in [-0.39, 0.29) is 24.3 Å². The van der Waals surface area contributed by atoms with Crippen molar-refractivity contribution in [1.82, 2.24) is 9.80 Å². The second-order valence-electron chi connectivity index (χ2n) is 6.73. The molecule has 2 aromatic carbocycles. The topological polar surface area (TPSA) is 57.7 Å². The normalized spacial score (nSPS) is 13.0. The van der Waals surface area contributed by atoms with Gasteiger partial charge >= 0.3 is 0 Å². The average Bonchev–Trinajstić information content (AvgIpc) is 2.93. The molecule has 0 aromatic heterocycles. The van der Waals surface area contributed by atoms with Gasteiger partial charge in [-0.1, -0.05) is 38.1 Å². The van der Waals surface area contributed by atoms with Crippen LogP contribution in [-0.4, -0.2) is 40.6 Å². The van der Waals surface area contributed by atoms with Crippen LogP contribution in [0, 0.1) is 0 Å². The maximum Gasteiger partial charge on any atom is 0.261 e. The van der Waals surface area contributed by atoms with Crippen molar-refractivity contribution in [2.45, 2.75) is 33.2 Å². The molecule has 3 rings (SSSR count). The summed E-state index contributed by atoms with van der Waals surface area (Å²) >= 11 is 0. The summed E-state index contributed by atoms with van der Waals surface area (Å²) in [7, 11) is 0. The standard InChI is InChI=1S/C22H24N2O3/c1-3-12-23(13-4-2)20(25)17-9-7-8-16(14-17)15-24-21(26)18-10-5-6-11-19(18)22(24)27/h5-11,14H,3-4,12-13,15H2,1-2H3. The average molecular weight is 364 g/mol. The van der Waals surface area contributed by atoms with Crippen LogP contribution in [0.4, 0.5) is 0 Å². The third-order valence-electron chi connectivity index (χ3n) is 4.67. The van der Waals surface area contributed by atoms with Gasteiger partial charge in [-0.15, -0.1) is 0 Å². The SMILES string of the molecule is CCCN(CCC)C(=O)c1cccc(CN2C(=O)c3ccccc3C2=O)c1. The zero-order valence-electron chi connectivity index (χ0n) is 15.8. The highest BCUT2D eigenvalue weighted by Gasteiger charge is 2.35. The van der Waals surface area contributed by atoms with Gasteiger partial charge in [-0.3, -0.25) is 19.3 Å². The van der Waals surface area contributed by atoms with Gasteiger partial charge < -0.3 is 4.90 Å². The zero-order valence-corrected chi connectivity index (χ0v) is 15.8. The lowest BCUT2D eigenvalue weighted by Crippen LogP contribution is -2.33. The molecule has 0 atom stereocenters. The number of fused-ring (bicyclic) bond motifs is 1. The Balaban J connectivity index is 1.80. The number of nitrogens with zero attached hydrogens (tertiary/aromatic N) is 2. The Morgan fingerprint density at radius 2 is 1.48 bits per heavy atom. The third-order valence-corrected chi connectivity index (χ3v) is 4.67. The van der Waals surface area contributed by atoms with Crippen LogP contribution in [0.3, 0.4) is 0 Å². The van der Waals surface area contributed by atoms with E-state index in [1.807, 2.05) is 11.0 Å². The Hall–Kier alpha value is -2.95. The molecule has 0 aliphatic carbocycles. The third kappa shape index (κ3) is 3.77. The molecule has 140 valence electrons. The quantitative estimate of drug-likeness (QED) is 0.703. The van der Waals surface area contributed by atoms with Crippen LogP contribution in [0.25, 0.3) is 0 Å². The molecule has 0 unspecified atom stereocenters. The summed E-state index contributed by atoms with van der Waals surface area (Å²) in [6, 6.07) is 14.1. The summed E-state index contributed by atoms with van der Waals surface area (Å²) in [5, 5.41) is 0. The van der Waals surface area contributed by atoms with E-state index in [4.69, 9.17) is 0 Å². The van der Waals surface area contributed by atoms with E-state index < -0.39 is 0 Å². The Kier molecular flexibility index (Phi) is 5.69. The molecule has 0 radical (unpaired) electrons. The van der Waals surface area contributed by atoms with Gasteiger partial charge in [0.25, 0.3) is 17.7 Å². The van der Waals surface area contributed by atoms with Crippen molar-refractivity contribution in [3.8, 4) is 0 Å². The first-order valence-electron chi connectivity index (χ1n) is 9.40. The first-order valence-corrected chi connectivity index (χ1v) is 9.40. The number of amides is 3. The highest BCUT2D eigenvalue weighted by atomic mass is 16.2. The lowest BCUT2D eigenvalue weighted by atomic mass is 10.1. The molecule has 0 saturated heterocycles. The van der Waals surface area contributed by atoms with Crippen LogP contribution >= 0.6 is 0 Å². The molecule has 1 aliphatic heterocycles. The number of imide groups is 1. The second kappa shape index (κ2) is 8.16. The van der Waals surface area contributed by atoms with Gasteiger partial charge in [0.05, 0.1) is 17.7 Å². The fourth-order valence-electron chi connectivity index (χ4n) is 3.41. The summed E-state index contributed by atoms with van der Waals surface area (Å²) in [6.07, 6.45) is 1.81. The number of rotatable bonds is 7. The molecular weight excluding hydrogens is 340 g/mol. The number of hydrogen-bond donors (Lipinski definition) is 0. The minimum atomic E-state index is -0.286. The van der Waals surface area contributed by atoms with E-state index >= 15 is 0 Å². The molecule has 1 aliphatic rings. The van der Waals surface area contributed by atoms with Crippen LogP contribution in [0.5, 0.6) is 0 Å². The molecule has 0 N–H and O–H groups in total. The predicted molar refractivity (Wildman–Crippen MR) is 104 cm³/mol. The van der Waals surface area contributed by atoms with Crippen molar-refractivity contribution < 1.29 is 14.4 Å². The maximum atomic E-state index is 12.8. The molecule has 5 heteroatoms. The molecule has 0 bridgehead atoms. The van der Waals surface area contributed by atoms with Crippen molar-refractivity contribution in [2.24, 2.45) is 0 Å². The first-order chi connectivity index (χ1) is 13.1. The van der Waals surface area contributed by atoms with Crippen LogP contribution in [0.1, 0.15) is 63.3 Å². The van der Waals surface area contributed by atoms with Gasteiger partial charge in [-0.2, -0.15) is 0 Å². The van der Waals surface area contributed by atoms with Crippen LogP contribution in [-0.2, 0) is 6.54 Å². The van der Waals surface area contributed by atoms with E-state index in [1.54, 1.807) is 42.5 Å². The zero-order chi connectivity index (χ0) is 19.4. The summed E-state index contributed by atoms with van der Waals surface area (Å²) < 4.78 is 0. The number of benzene rings is 2. The smallest absolute Gasteiger partial charge is 0.261 e. The van der Waals surface area contributed by atoms with Gasteiger partial charge in [0, 0.05) is 18.7 Å². The van der Waals surface area contributed by atoms with E-state index in [2.05, 4.69) is 13.8 Å². The minimum absolute atomic E-state index is 0.0112. The maximum absolute atomic E-state index is 12.8.